The third-order valence-electron chi connectivity index (χ3n) is 3.12. The summed E-state index contributed by atoms with van der Waals surface area (Å²) in [7, 11) is 0. The molecule has 0 aromatic heterocycles. The first kappa shape index (κ1) is 15.0. The zero-order valence-corrected chi connectivity index (χ0v) is 11.2. The average Bonchev–Trinajstić information content (AvgIpc) is 2.39. The van der Waals surface area contributed by atoms with Gasteiger partial charge in [0.1, 0.15) is 0 Å². The summed E-state index contributed by atoms with van der Waals surface area (Å²) in [6, 6.07) is -0.484. The van der Waals surface area contributed by atoms with E-state index in [0.29, 0.717) is 19.8 Å². The van der Waals surface area contributed by atoms with Gasteiger partial charge in [-0.3, -0.25) is 4.79 Å². The van der Waals surface area contributed by atoms with E-state index in [1.165, 1.54) is 0 Å². The summed E-state index contributed by atoms with van der Waals surface area (Å²) in [5, 5.41) is 2.58. The van der Waals surface area contributed by atoms with Gasteiger partial charge in [-0.25, -0.2) is 4.79 Å². The van der Waals surface area contributed by atoms with Gasteiger partial charge < -0.3 is 14.8 Å². The van der Waals surface area contributed by atoms with E-state index in [9.17, 15) is 9.59 Å². The van der Waals surface area contributed by atoms with Gasteiger partial charge in [0.2, 0.25) is 0 Å². The summed E-state index contributed by atoms with van der Waals surface area (Å²) in [6.45, 7) is 5.39. The van der Waals surface area contributed by atoms with Crippen LogP contribution in [0.25, 0.3) is 0 Å². The molecule has 1 aliphatic heterocycles. The molecule has 18 heavy (non-hydrogen) atoms. The van der Waals surface area contributed by atoms with Crippen LogP contribution in [-0.2, 0) is 14.3 Å². The van der Waals surface area contributed by atoms with E-state index in [4.69, 9.17) is 9.47 Å². The first-order valence-electron chi connectivity index (χ1n) is 6.70. The second-order valence-corrected chi connectivity index (χ2v) is 4.64. The molecule has 0 saturated carbocycles. The second-order valence-electron chi connectivity index (χ2n) is 4.64. The maximum absolute atomic E-state index is 12.0. The van der Waals surface area contributed by atoms with Crippen molar-refractivity contribution in [3.63, 3.8) is 0 Å². The zero-order valence-electron chi connectivity index (χ0n) is 11.2. The van der Waals surface area contributed by atoms with Crippen molar-refractivity contribution in [1.82, 2.24) is 5.32 Å². The average molecular weight is 257 g/mol. The molecule has 1 heterocycles. The Kier molecular flexibility index (Phi) is 6.72. The number of Topliss-reactive ketones (excluding diaryl/α,β-unsaturated/α-hetero) is 1. The molecule has 0 bridgehead atoms. The molecule has 0 aliphatic carbocycles. The summed E-state index contributed by atoms with van der Waals surface area (Å²) in [4.78, 5) is 23.4. The lowest BCUT2D eigenvalue weighted by atomic mass is 9.92. The lowest BCUT2D eigenvalue weighted by Crippen LogP contribution is -2.43. The first-order chi connectivity index (χ1) is 8.65. The van der Waals surface area contributed by atoms with Gasteiger partial charge in [0.05, 0.1) is 12.6 Å². The molecule has 0 spiro atoms. The second kappa shape index (κ2) is 8.08. The maximum atomic E-state index is 12.0. The van der Waals surface area contributed by atoms with E-state index in [1.54, 1.807) is 6.92 Å². The van der Waals surface area contributed by atoms with Crippen molar-refractivity contribution in [3.8, 4) is 0 Å². The molecule has 1 amide bonds. The third kappa shape index (κ3) is 5.04. The van der Waals surface area contributed by atoms with Crippen LogP contribution in [0.4, 0.5) is 4.79 Å². The fourth-order valence-corrected chi connectivity index (χ4v) is 1.93. The molecule has 104 valence electrons. The lowest BCUT2D eigenvalue weighted by Gasteiger charge is -2.24. The molecule has 5 nitrogen and oxygen atoms in total. The van der Waals surface area contributed by atoms with Crippen LogP contribution in [0, 0.1) is 5.92 Å². The maximum Gasteiger partial charge on any atom is 0.407 e. The number of amides is 1. The van der Waals surface area contributed by atoms with E-state index in [1.807, 2.05) is 6.92 Å². The van der Waals surface area contributed by atoms with Crippen LogP contribution < -0.4 is 5.32 Å². The van der Waals surface area contributed by atoms with Crippen LogP contribution in [0.2, 0.25) is 0 Å². The summed E-state index contributed by atoms with van der Waals surface area (Å²) < 4.78 is 10.2. The van der Waals surface area contributed by atoms with Gasteiger partial charge in [-0.05, 0) is 26.2 Å². The van der Waals surface area contributed by atoms with Crippen LogP contribution >= 0.6 is 0 Å². The van der Waals surface area contributed by atoms with E-state index >= 15 is 0 Å². The first-order valence-corrected chi connectivity index (χ1v) is 6.70. The highest BCUT2D eigenvalue weighted by atomic mass is 16.5. The van der Waals surface area contributed by atoms with E-state index in [0.717, 1.165) is 25.7 Å². The highest BCUT2D eigenvalue weighted by Gasteiger charge is 2.26. The quantitative estimate of drug-likeness (QED) is 0.738. The van der Waals surface area contributed by atoms with Gasteiger partial charge in [0.25, 0.3) is 0 Å². The molecule has 1 aliphatic rings. The van der Waals surface area contributed by atoms with E-state index in [-0.39, 0.29) is 11.7 Å². The number of rotatable bonds is 6. The number of alkyl carbamates (subject to hydrolysis) is 1. The SMILES string of the molecule is CCCCOC(=O)NC(C)C(=O)C1CCOCC1. The number of ether oxygens (including phenoxy) is 2. The van der Waals surface area contributed by atoms with Crippen LogP contribution in [0.3, 0.4) is 0 Å². The summed E-state index contributed by atoms with van der Waals surface area (Å²) in [5.74, 6) is 0.0791. The third-order valence-corrected chi connectivity index (χ3v) is 3.12. The van der Waals surface area contributed by atoms with Crippen molar-refractivity contribution < 1.29 is 19.1 Å². The van der Waals surface area contributed by atoms with Crippen molar-refractivity contribution in [2.24, 2.45) is 5.92 Å². The molecular formula is C13H23NO4. The van der Waals surface area contributed by atoms with Crippen molar-refractivity contribution in [1.29, 1.82) is 0 Å². The van der Waals surface area contributed by atoms with Crippen molar-refractivity contribution >= 4 is 11.9 Å². The Hall–Kier alpha value is -1.10. The predicted octanol–water partition coefficient (Wildman–Crippen LogP) is 1.90. The highest BCUT2D eigenvalue weighted by molar-refractivity contribution is 5.88. The van der Waals surface area contributed by atoms with Crippen molar-refractivity contribution in [2.75, 3.05) is 19.8 Å². The van der Waals surface area contributed by atoms with Crippen molar-refractivity contribution in [2.45, 2.75) is 45.6 Å². The standard InChI is InChI=1S/C13H23NO4/c1-3-4-7-18-13(16)14-10(2)12(15)11-5-8-17-9-6-11/h10-11H,3-9H2,1-2H3,(H,14,16). The number of hydrogen-bond acceptors (Lipinski definition) is 4. The number of ketones is 1. The molecule has 1 saturated heterocycles. The molecule has 1 fully saturated rings. The minimum Gasteiger partial charge on any atom is -0.450 e. The Labute approximate surface area is 108 Å². The van der Waals surface area contributed by atoms with Crippen molar-refractivity contribution in [3.05, 3.63) is 0 Å². The molecule has 1 atom stereocenters. The minimum absolute atomic E-state index is 0.00434. The number of unbranched alkanes of at least 4 members (excludes halogenated alkanes) is 1. The number of carbonyl (C=O) groups excluding carboxylic acids is 2. The van der Waals surface area contributed by atoms with Crippen LogP contribution in [-0.4, -0.2) is 37.7 Å². The summed E-state index contributed by atoms with van der Waals surface area (Å²) in [5.41, 5.74) is 0. The van der Waals surface area contributed by atoms with Crippen LogP contribution in [0.15, 0.2) is 0 Å². The fraction of sp³-hybridized carbons (Fsp3) is 0.846. The van der Waals surface area contributed by atoms with Gasteiger partial charge in [-0.1, -0.05) is 13.3 Å². The fourth-order valence-electron chi connectivity index (χ4n) is 1.93. The largest absolute Gasteiger partial charge is 0.450 e. The molecule has 0 aromatic rings. The van der Waals surface area contributed by atoms with Gasteiger partial charge in [0, 0.05) is 19.1 Å². The number of hydrogen-bond donors (Lipinski definition) is 1. The molecular weight excluding hydrogens is 234 g/mol. The zero-order chi connectivity index (χ0) is 13.4. The Balaban J connectivity index is 2.27. The Morgan fingerprint density at radius 2 is 2.06 bits per heavy atom. The molecule has 1 rings (SSSR count). The Morgan fingerprint density at radius 3 is 2.67 bits per heavy atom. The van der Waals surface area contributed by atoms with Gasteiger partial charge >= 0.3 is 6.09 Å². The number of nitrogens with one attached hydrogen (secondary N) is 1. The van der Waals surface area contributed by atoms with Crippen LogP contribution in [0.1, 0.15) is 39.5 Å². The van der Waals surface area contributed by atoms with Gasteiger partial charge in [-0.15, -0.1) is 0 Å². The van der Waals surface area contributed by atoms with E-state index < -0.39 is 12.1 Å². The van der Waals surface area contributed by atoms with Gasteiger partial charge in [-0.2, -0.15) is 0 Å². The number of carbonyl (C=O) groups is 2. The Bertz CT molecular complexity index is 274. The van der Waals surface area contributed by atoms with E-state index in [2.05, 4.69) is 5.32 Å². The normalized spacial score (nSPS) is 18.1. The topological polar surface area (TPSA) is 64.6 Å². The molecule has 0 aromatic carbocycles. The van der Waals surface area contributed by atoms with Crippen LogP contribution in [0.5, 0.6) is 0 Å². The molecule has 0 radical (unpaired) electrons. The lowest BCUT2D eigenvalue weighted by molar-refractivity contribution is -0.127. The monoisotopic (exact) mass is 257 g/mol. The Morgan fingerprint density at radius 1 is 1.39 bits per heavy atom. The minimum atomic E-state index is -0.503. The summed E-state index contributed by atoms with van der Waals surface area (Å²) in [6.07, 6.45) is 2.81. The molecule has 1 N–H and O–H groups in total. The molecule has 1 unspecified atom stereocenters. The van der Waals surface area contributed by atoms with Gasteiger partial charge in [0.15, 0.2) is 5.78 Å². The highest BCUT2D eigenvalue weighted by Crippen LogP contribution is 2.17. The smallest absolute Gasteiger partial charge is 0.407 e. The molecule has 5 heteroatoms. The summed E-state index contributed by atoms with van der Waals surface area (Å²) >= 11 is 0. The predicted molar refractivity (Wildman–Crippen MR) is 67.4 cm³/mol.